The van der Waals surface area contributed by atoms with E-state index in [0.29, 0.717) is 0 Å². The van der Waals surface area contributed by atoms with E-state index in [-0.39, 0.29) is 6.10 Å². The monoisotopic (exact) mass is 267 g/mol. The van der Waals surface area contributed by atoms with Gasteiger partial charge >= 0.3 is 6.09 Å². The maximum atomic E-state index is 10.9. The smallest absolute Gasteiger partial charge is 0.408 e. The third-order valence-corrected chi connectivity index (χ3v) is 2.30. The van der Waals surface area contributed by atoms with Gasteiger partial charge in [0, 0.05) is 0 Å². The molecule has 0 aromatic carbocycles. The number of nitrogens with one attached hydrogen (secondary N) is 1. The van der Waals surface area contributed by atoms with Gasteiger partial charge < -0.3 is 10.1 Å². The van der Waals surface area contributed by atoms with E-state index in [1.165, 1.54) is 0 Å². The number of rotatable bonds is 2. The number of carbonyl (C=O) groups is 1. The predicted octanol–water partition coefficient (Wildman–Crippen LogP) is 3.06. The van der Waals surface area contributed by atoms with Crippen molar-refractivity contribution in [2.75, 3.05) is 0 Å². The standard InChI is InChI=1S/C6H9Cl4NO2/c1-3(2)13-5(12)11-4(7)6(8,9)10/h3-4H,1-2H3,(H,11,12)/t4-/m1/s1. The second-order valence-electron chi connectivity index (χ2n) is 2.50. The van der Waals surface area contributed by atoms with Crippen molar-refractivity contribution in [1.82, 2.24) is 5.32 Å². The molecule has 7 heteroatoms. The SMILES string of the molecule is CC(C)OC(=O)N[C@@H](Cl)C(Cl)(Cl)Cl. The van der Waals surface area contributed by atoms with E-state index in [2.05, 4.69) is 5.32 Å². The van der Waals surface area contributed by atoms with Crippen molar-refractivity contribution in [3.63, 3.8) is 0 Å². The summed E-state index contributed by atoms with van der Waals surface area (Å²) in [6, 6.07) is 0. The number of alkyl halides is 4. The summed E-state index contributed by atoms with van der Waals surface area (Å²) in [5, 5.41) is 2.16. The normalized spacial score (nSPS) is 14.1. The van der Waals surface area contributed by atoms with Crippen LogP contribution in [0.3, 0.4) is 0 Å². The maximum Gasteiger partial charge on any atom is 0.408 e. The molecular formula is C6H9Cl4NO2. The Hall–Kier alpha value is 0.430. The van der Waals surface area contributed by atoms with Gasteiger partial charge in [-0.05, 0) is 13.8 Å². The molecule has 3 nitrogen and oxygen atoms in total. The zero-order valence-electron chi connectivity index (χ0n) is 6.98. The second kappa shape index (κ2) is 5.35. The van der Waals surface area contributed by atoms with Gasteiger partial charge in [0.15, 0.2) is 5.50 Å². The summed E-state index contributed by atoms with van der Waals surface area (Å²) in [5.41, 5.74) is -1.12. The van der Waals surface area contributed by atoms with E-state index in [0.717, 1.165) is 0 Å². The molecule has 0 saturated carbocycles. The summed E-state index contributed by atoms with van der Waals surface area (Å²) in [6.45, 7) is 3.39. The van der Waals surface area contributed by atoms with Gasteiger partial charge in [-0.3, -0.25) is 0 Å². The number of ether oxygens (including phenoxy) is 1. The van der Waals surface area contributed by atoms with Crippen molar-refractivity contribution in [1.29, 1.82) is 0 Å². The van der Waals surface area contributed by atoms with E-state index in [1.807, 2.05) is 0 Å². The van der Waals surface area contributed by atoms with Crippen LogP contribution in [0.4, 0.5) is 4.79 Å². The zero-order valence-corrected chi connectivity index (χ0v) is 10.0. The Kier molecular flexibility index (Phi) is 5.52. The largest absolute Gasteiger partial charge is 0.447 e. The number of hydrogen-bond donors (Lipinski definition) is 1. The Labute approximate surface area is 96.6 Å². The van der Waals surface area contributed by atoms with E-state index in [4.69, 9.17) is 51.1 Å². The molecule has 13 heavy (non-hydrogen) atoms. The van der Waals surface area contributed by atoms with Gasteiger partial charge in [-0.15, -0.1) is 0 Å². The Bertz CT molecular complexity index is 180. The minimum absolute atomic E-state index is 0.251. The van der Waals surface area contributed by atoms with Crippen LogP contribution in [0.25, 0.3) is 0 Å². The quantitative estimate of drug-likeness (QED) is 0.618. The first-order chi connectivity index (χ1) is 5.73. The molecule has 1 atom stereocenters. The number of halogens is 4. The molecule has 0 heterocycles. The van der Waals surface area contributed by atoms with Crippen molar-refractivity contribution >= 4 is 52.5 Å². The minimum atomic E-state index is -1.75. The highest BCUT2D eigenvalue weighted by atomic mass is 35.6. The van der Waals surface area contributed by atoms with Gasteiger partial charge in [0.1, 0.15) is 0 Å². The van der Waals surface area contributed by atoms with Gasteiger partial charge in [-0.2, -0.15) is 0 Å². The van der Waals surface area contributed by atoms with E-state index < -0.39 is 15.4 Å². The summed E-state index contributed by atoms with van der Waals surface area (Å²) in [4.78, 5) is 10.9. The highest BCUT2D eigenvalue weighted by Crippen LogP contribution is 2.32. The first-order valence-corrected chi connectivity index (χ1v) is 4.98. The Balaban J connectivity index is 3.93. The van der Waals surface area contributed by atoms with Crippen LogP contribution in [0.5, 0.6) is 0 Å². The summed E-state index contributed by atoms with van der Waals surface area (Å²) in [7, 11) is 0. The zero-order chi connectivity index (χ0) is 10.6. The number of alkyl carbamates (subject to hydrolysis) is 1. The van der Waals surface area contributed by atoms with Crippen LogP contribution in [0, 0.1) is 0 Å². The van der Waals surface area contributed by atoms with Crippen LogP contribution in [0.2, 0.25) is 0 Å². The van der Waals surface area contributed by atoms with E-state index in [1.54, 1.807) is 13.8 Å². The Morgan fingerprint density at radius 3 is 2.15 bits per heavy atom. The molecular weight excluding hydrogens is 260 g/mol. The molecule has 0 aromatic heterocycles. The van der Waals surface area contributed by atoms with E-state index in [9.17, 15) is 4.79 Å². The number of hydrogen-bond acceptors (Lipinski definition) is 2. The number of amides is 1. The van der Waals surface area contributed by atoms with E-state index >= 15 is 0 Å². The molecule has 0 bridgehead atoms. The molecule has 0 saturated heterocycles. The molecule has 0 aliphatic carbocycles. The minimum Gasteiger partial charge on any atom is -0.447 e. The van der Waals surface area contributed by atoms with Crippen molar-refractivity contribution in [2.45, 2.75) is 29.2 Å². The van der Waals surface area contributed by atoms with Crippen molar-refractivity contribution in [2.24, 2.45) is 0 Å². The van der Waals surface area contributed by atoms with Crippen LogP contribution in [-0.2, 0) is 4.74 Å². The summed E-state index contributed by atoms with van der Waals surface area (Å²) in [6.07, 6.45) is -0.972. The maximum absolute atomic E-state index is 10.9. The molecule has 0 spiro atoms. The first-order valence-electron chi connectivity index (χ1n) is 3.41. The van der Waals surface area contributed by atoms with Crippen LogP contribution >= 0.6 is 46.4 Å². The molecule has 1 N–H and O–H groups in total. The van der Waals surface area contributed by atoms with Crippen LogP contribution < -0.4 is 5.32 Å². The second-order valence-corrected chi connectivity index (χ2v) is 5.31. The third kappa shape index (κ3) is 6.49. The molecule has 0 rings (SSSR count). The molecule has 1 amide bonds. The van der Waals surface area contributed by atoms with Gasteiger partial charge in [0.25, 0.3) is 0 Å². The average molecular weight is 269 g/mol. The lowest BCUT2D eigenvalue weighted by molar-refractivity contribution is 0.115. The summed E-state index contributed by atoms with van der Waals surface area (Å²) < 4.78 is 2.95. The highest BCUT2D eigenvalue weighted by Gasteiger charge is 2.32. The van der Waals surface area contributed by atoms with Crippen LogP contribution in [-0.4, -0.2) is 21.5 Å². The topological polar surface area (TPSA) is 38.3 Å². The van der Waals surface area contributed by atoms with Gasteiger partial charge in [-0.25, -0.2) is 4.79 Å². The fourth-order valence-corrected chi connectivity index (χ4v) is 0.686. The van der Waals surface area contributed by atoms with Crippen LogP contribution in [0.15, 0.2) is 0 Å². The number of carbonyl (C=O) groups excluding carboxylic acids is 1. The Morgan fingerprint density at radius 2 is 1.85 bits per heavy atom. The lowest BCUT2D eigenvalue weighted by Gasteiger charge is -2.19. The van der Waals surface area contributed by atoms with Gasteiger partial charge in [0.2, 0.25) is 3.79 Å². The molecule has 0 aromatic rings. The lowest BCUT2D eigenvalue weighted by atomic mass is 10.5. The molecule has 0 fully saturated rings. The molecule has 0 unspecified atom stereocenters. The molecule has 0 aliphatic heterocycles. The fraction of sp³-hybridized carbons (Fsp3) is 0.833. The van der Waals surface area contributed by atoms with Crippen molar-refractivity contribution in [3.05, 3.63) is 0 Å². The average Bonchev–Trinajstić information content (AvgIpc) is 1.82. The predicted molar refractivity (Wildman–Crippen MR) is 54.7 cm³/mol. The molecule has 78 valence electrons. The lowest BCUT2D eigenvalue weighted by Crippen LogP contribution is -2.40. The van der Waals surface area contributed by atoms with Crippen LogP contribution in [0.1, 0.15) is 13.8 Å². The molecule has 0 radical (unpaired) electrons. The highest BCUT2D eigenvalue weighted by molar-refractivity contribution is 6.70. The fourth-order valence-electron chi connectivity index (χ4n) is 0.433. The van der Waals surface area contributed by atoms with Gasteiger partial charge in [0.05, 0.1) is 6.10 Å². The summed E-state index contributed by atoms with van der Waals surface area (Å²) >= 11 is 21.7. The summed E-state index contributed by atoms with van der Waals surface area (Å²) in [5.74, 6) is 0. The third-order valence-electron chi connectivity index (χ3n) is 0.875. The Morgan fingerprint density at radius 1 is 1.38 bits per heavy atom. The van der Waals surface area contributed by atoms with Gasteiger partial charge in [-0.1, -0.05) is 46.4 Å². The molecule has 0 aliphatic rings. The van der Waals surface area contributed by atoms with Crippen molar-refractivity contribution < 1.29 is 9.53 Å². The first kappa shape index (κ1) is 13.4. The van der Waals surface area contributed by atoms with Crippen molar-refractivity contribution in [3.8, 4) is 0 Å².